The number of hydrogen-bond donors (Lipinski definition) is 1. The molecule has 2 aromatic rings. The van der Waals surface area contributed by atoms with Crippen molar-refractivity contribution in [1.29, 1.82) is 0 Å². The van der Waals surface area contributed by atoms with E-state index in [-0.39, 0.29) is 12.4 Å². The minimum atomic E-state index is -0.449. The van der Waals surface area contributed by atoms with Crippen LogP contribution < -0.4 is 4.74 Å². The minimum absolute atomic E-state index is 0.172. The summed E-state index contributed by atoms with van der Waals surface area (Å²) in [6.45, 7) is 4.24. The lowest BCUT2D eigenvalue weighted by Crippen LogP contribution is -1.99. The second-order valence-electron chi connectivity index (χ2n) is 4.63. The average Bonchev–Trinajstić information content (AvgIpc) is 2.41. The van der Waals surface area contributed by atoms with Gasteiger partial charge in [-0.25, -0.2) is 4.39 Å². The quantitative estimate of drug-likeness (QED) is 0.911. The summed E-state index contributed by atoms with van der Waals surface area (Å²) in [5, 5.41) is 8.91. The maximum atomic E-state index is 13.6. The number of aliphatic hydroxyl groups is 1. The van der Waals surface area contributed by atoms with Gasteiger partial charge in [-0.3, -0.25) is 0 Å². The third kappa shape index (κ3) is 3.32. The lowest BCUT2D eigenvalue weighted by atomic mass is 10.1. The predicted molar refractivity (Wildman–Crippen MR) is 72.6 cm³/mol. The number of rotatable bonds is 4. The van der Waals surface area contributed by atoms with E-state index in [4.69, 9.17) is 9.84 Å². The summed E-state index contributed by atoms with van der Waals surface area (Å²) < 4.78 is 19.1. The number of halogens is 1. The van der Waals surface area contributed by atoms with Crippen LogP contribution in [0.2, 0.25) is 0 Å². The molecule has 0 heterocycles. The number of aliphatic hydroxyl groups excluding tert-OH is 1. The number of benzene rings is 2. The first kappa shape index (κ1) is 13.6. The van der Waals surface area contributed by atoms with Crippen molar-refractivity contribution in [3.8, 4) is 5.75 Å². The highest BCUT2D eigenvalue weighted by Gasteiger charge is 2.05. The smallest absolute Gasteiger partial charge is 0.165 e. The van der Waals surface area contributed by atoms with Crippen molar-refractivity contribution in [1.82, 2.24) is 0 Å². The van der Waals surface area contributed by atoms with Gasteiger partial charge in [0.05, 0.1) is 6.61 Å². The molecule has 0 fully saturated rings. The van der Waals surface area contributed by atoms with Crippen molar-refractivity contribution in [3.63, 3.8) is 0 Å². The van der Waals surface area contributed by atoms with Crippen molar-refractivity contribution in [2.75, 3.05) is 0 Å². The number of aryl methyl sites for hydroxylation is 2. The average molecular weight is 260 g/mol. The van der Waals surface area contributed by atoms with Crippen LogP contribution in [0.4, 0.5) is 4.39 Å². The standard InChI is InChI=1S/C16H17FO2/c1-11-3-4-14(7-12(11)2)10-19-16-6-5-13(9-18)8-15(16)17/h3-8,18H,9-10H2,1-2H3. The topological polar surface area (TPSA) is 29.5 Å². The zero-order valence-electron chi connectivity index (χ0n) is 11.1. The van der Waals surface area contributed by atoms with Gasteiger partial charge < -0.3 is 9.84 Å². The summed E-state index contributed by atoms with van der Waals surface area (Å²) in [7, 11) is 0. The highest BCUT2D eigenvalue weighted by Crippen LogP contribution is 2.20. The largest absolute Gasteiger partial charge is 0.486 e. The van der Waals surface area contributed by atoms with Crippen LogP contribution in [-0.2, 0) is 13.2 Å². The molecule has 0 spiro atoms. The van der Waals surface area contributed by atoms with Gasteiger partial charge in [0.15, 0.2) is 11.6 Å². The van der Waals surface area contributed by atoms with E-state index < -0.39 is 5.82 Å². The fraction of sp³-hybridized carbons (Fsp3) is 0.250. The Morgan fingerprint density at radius 2 is 1.74 bits per heavy atom. The van der Waals surface area contributed by atoms with Gasteiger partial charge >= 0.3 is 0 Å². The molecule has 0 aliphatic rings. The summed E-state index contributed by atoms with van der Waals surface area (Å²) in [4.78, 5) is 0. The Morgan fingerprint density at radius 3 is 2.37 bits per heavy atom. The normalized spacial score (nSPS) is 10.5. The van der Waals surface area contributed by atoms with E-state index in [0.717, 1.165) is 5.56 Å². The fourth-order valence-corrected chi connectivity index (χ4v) is 1.81. The zero-order valence-corrected chi connectivity index (χ0v) is 11.1. The van der Waals surface area contributed by atoms with Gasteiger partial charge in [0.1, 0.15) is 6.61 Å². The van der Waals surface area contributed by atoms with Crippen LogP contribution in [-0.4, -0.2) is 5.11 Å². The van der Waals surface area contributed by atoms with Gasteiger partial charge in [-0.15, -0.1) is 0 Å². The van der Waals surface area contributed by atoms with Gasteiger partial charge in [0.2, 0.25) is 0 Å². The molecule has 0 saturated carbocycles. The molecule has 3 heteroatoms. The molecule has 2 aromatic carbocycles. The highest BCUT2D eigenvalue weighted by molar-refractivity contribution is 5.31. The Bertz CT molecular complexity index is 579. The SMILES string of the molecule is Cc1ccc(COc2ccc(CO)cc2F)cc1C. The van der Waals surface area contributed by atoms with Crippen LogP contribution in [0, 0.1) is 19.7 Å². The molecule has 0 radical (unpaired) electrons. The van der Waals surface area contributed by atoms with E-state index in [2.05, 4.69) is 0 Å². The lowest BCUT2D eigenvalue weighted by molar-refractivity contribution is 0.276. The Hall–Kier alpha value is -1.87. The molecule has 0 unspecified atom stereocenters. The first-order chi connectivity index (χ1) is 9.10. The maximum absolute atomic E-state index is 13.6. The highest BCUT2D eigenvalue weighted by atomic mass is 19.1. The molecule has 0 aliphatic carbocycles. The molecule has 0 aromatic heterocycles. The third-order valence-corrected chi connectivity index (χ3v) is 3.14. The van der Waals surface area contributed by atoms with E-state index >= 15 is 0 Å². The van der Waals surface area contributed by atoms with Crippen LogP contribution in [0.25, 0.3) is 0 Å². The molecule has 0 amide bonds. The number of ether oxygens (including phenoxy) is 1. The second kappa shape index (κ2) is 5.85. The van der Waals surface area contributed by atoms with Crippen LogP contribution in [0.5, 0.6) is 5.75 Å². The predicted octanol–water partition coefficient (Wildman–Crippen LogP) is 3.51. The number of hydrogen-bond acceptors (Lipinski definition) is 2. The van der Waals surface area contributed by atoms with Crippen LogP contribution in [0.1, 0.15) is 22.3 Å². The summed E-state index contributed by atoms with van der Waals surface area (Å²) in [6, 6.07) is 10.5. The molecule has 19 heavy (non-hydrogen) atoms. The first-order valence-electron chi connectivity index (χ1n) is 6.18. The Kier molecular flexibility index (Phi) is 4.17. The first-order valence-corrected chi connectivity index (χ1v) is 6.18. The summed E-state index contributed by atoms with van der Waals surface area (Å²) in [6.07, 6.45) is 0. The van der Waals surface area contributed by atoms with E-state index in [1.807, 2.05) is 32.0 Å². The molecule has 2 rings (SSSR count). The molecular formula is C16H17FO2. The molecule has 100 valence electrons. The third-order valence-electron chi connectivity index (χ3n) is 3.14. The van der Waals surface area contributed by atoms with Crippen LogP contribution >= 0.6 is 0 Å². The Morgan fingerprint density at radius 1 is 1.00 bits per heavy atom. The van der Waals surface area contributed by atoms with Crippen molar-refractivity contribution >= 4 is 0 Å². The van der Waals surface area contributed by atoms with Crippen molar-refractivity contribution in [3.05, 3.63) is 64.5 Å². The van der Waals surface area contributed by atoms with Gasteiger partial charge in [-0.2, -0.15) is 0 Å². The minimum Gasteiger partial charge on any atom is -0.486 e. The van der Waals surface area contributed by atoms with Crippen LogP contribution in [0.15, 0.2) is 36.4 Å². The summed E-state index contributed by atoms with van der Waals surface area (Å²) in [5.74, 6) is -0.245. The molecule has 2 nitrogen and oxygen atoms in total. The van der Waals surface area contributed by atoms with Gasteiger partial charge in [-0.1, -0.05) is 24.3 Å². The van der Waals surface area contributed by atoms with Gasteiger partial charge in [0, 0.05) is 0 Å². The lowest BCUT2D eigenvalue weighted by Gasteiger charge is -2.09. The van der Waals surface area contributed by atoms with E-state index in [1.54, 1.807) is 12.1 Å². The van der Waals surface area contributed by atoms with E-state index in [1.165, 1.54) is 17.2 Å². The fourth-order valence-electron chi connectivity index (χ4n) is 1.81. The van der Waals surface area contributed by atoms with Crippen LogP contribution in [0.3, 0.4) is 0 Å². The Labute approximate surface area is 112 Å². The van der Waals surface area contributed by atoms with Gasteiger partial charge in [0.25, 0.3) is 0 Å². The molecule has 0 saturated heterocycles. The maximum Gasteiger partial charge on any atom is 0.165 e. The Balaban J connectivity index is 2.07. The monoisotopic (exact) mass is 260 g/mol. The molecule has 0 aliphatic heterocycles. The summed E-state index contributed by atoms with van der Waals surface area (Å²) in [5.41, 5.74) is 3.96. The van der Waals surface area contributed by atoms with E-state index in [0.29, 0.717) is 12.2 Å². The van der Waals surface area contributed by atoms with Crippen molar-refractivity contribution in [2.24, 2.45) is 0 Å². The molecule has 0 atom stereocenters. The summed E-state index contributed by atoms with van der Waals surface area (Å²) >= 11 is 0. The van der Waals surface area contributed by atoms with Gasteiger partial charge in [-0.05, 0) is 48.2 Å². The van der Waals surface area contributed by atoms with Crippen molar-refractivity contribution in [2.45, 2.75) is 27.1 Å². The van der Waals surface area contributed by atoms with Crippen molar-refractivity contribution < 1.29 is 14.2 Å². The zero-order chi connectivity index (χ0) is 13.8. The molecule has 0 bridgehead atoms. The van der Waals surface area contributed by atoms with E-state index in [9.17, 15) is 4.39 Å². The molecular weight excluding hydrogens is 243 g/mol. The molecule has 1 N–H and O–H groups in total. The second-order valence-corrected chi connectivity index (χ2v) is 4.63.